The van der Waals surface area contributed by atoms with Crippen molar-refractivity contribution in [3.05, 3.63) is 48.0 Å². The molecular formula is C22H32O4. The van der Waals surface area contributed by atoms with E-state index in [9.17, 15) is 14.7 Å². The Labute approximate surface area is 157 Å². The molecule has 1 N–H and O–H groups in total. The average molecular weight is 360 g/mol. The summed E-state index contributed by atoms with van der Waals surface area (Å²) < 4.78 is 5.81. The van der Waals surface area contributed by atoms with E-state index >= 15 is 0 Å². The van der Waals surface area contributed by atoms with Crippen molar-refractivity contribution >= 4 is 11.6 Å². The maximum absolute atomic E-state index is 13.1. The van der Waals surface area contributed by atoms with Crippen molar-refractivity contribution in [3.8, 4) is 0 Å². The number of carbonyl (C=O) groups excluding carboxylic acids is 2. The molecule has 1 aliphatic rings. The van der Waals surface area contributed by atoms with Crippen molar-refractivity contribution in [3.63, 3.8) is 0 Å². The molecule has 4 heteroatoms. The minimum atomic E-state index is -0.850. The highest BCUT2D eigenvalue weighted by Crippen LogP contribution is 2.42. The predicted octanol–water partition coefficient (Wildman–Crippen LogP) is 5.23. The summed E-state index contributed by atoms with van der Waals surface area (Å²) in [7, 11) is 0. The zero-order valence-electron chi connectivity index (χ0n) is 16.8. The van der Waals surface area contributed by atoms with Crippen molar-refractivity contribution in [1.29, 1.82) is 0 Å². The molecular weight excluding hydrogens is 328 g/mol. The van der Waals surface area contributed by atoms with Gasteiger partial charge >= 0.3 is 0 Å². The van der Waals surface area contributed by atoms with Crippen LogP contribution in [0.1, 0.15) is 60.3 Å². The van der Waals surface area contributed by atoms with E-state index in [4.69, 9.17) is 4.74 Å². The summed E-state index contributed by atoms with van der Waals surface area (Å²) in [5.41, 5.74) is -1.46. The summed E-state index contributed by atoms with van der Waals surface area (Å²) in [5.74, 6) is -1.53. The van der Waals surface area contributed by atoms with E-state index in [-0.39, 0.29) is 16.9 Å². The molecule has 0 saturated heterocycles. The first-order valence-corrected chi connectivity index (χ1v) is 9.23. The Hall–Kier alpha value is -2.10. The van der Waals surface area contributed by atoms with Crippen LogP contribution >= 0.6 is 0 Å². The van der Waals surface area contributed by atoms with E-state index in [0.29, 0.717) is 6.61 Å². The maximum Gasteiger partial charge on any atom is 0.228 e. The lowest BCUT2D eigenvalue weighted by atomic mass is 9.71. The molecule has 0 spiro atoms. The lowest BCUT2D eigenvalue weighted by molar-refractivity contribution is -0.122. The van der Waals surface area contributed by atoms with E-state index in [1.54, 1.807) is 39.8 Å². The number of carbonyl (C=O) groups is 2. The second kappa shape index (κ2) is 8.52. The van der Waals surface area contributed by atoms with Crippen molar-refractivity contribution in [2.75, 3.05) is 6.61 Å². The number of allylic oxidation sites excluding steroid dienone is 4. The van der Waals surface area contributed by atoms with Crippen molar-refractivity contribution < 1.29 is 19.4 Å². The van der Waals surface area contributed by atoms with E-state index in [0.717, 1.165) is 25.7 Å². The second-order valence-corrected chi connectivity index (χ2v) is 7.85. The third kappa shape index (κ3) is 4.35. The number of ketones is 2. The highest BCUT2D eigenvalue weighted by atomic mass is 16.5. The van der Waals surface area contributed by atoms with Crippen molar-refractivity contribution in [2.24, 2.45) is 10.8 Å². The Morgan fingerprint density at radius 3 is 1.96 bits per heavy atom. The van der Waals surface area contributed by atoms with Crippen LogP contribution in [0.5, 0.6) is 0 Å². The normalized spacial score (nSPS) is 16.2. The van der Waals surface area contributed by atoms with E-state index in [1.165, 1.54) is 0 Å². The smallest absolute Gasteiger partial charge is 0.228 e. The number of hydrogen-bond acceptors (Lipinski definition) is 4. The Morgan fingerprint density at radius 1 is 0.923 bits per heavy atom. The van der Waals surface area contributed by atoms with Gasteiger partial charge in [0.15, 0.2) is 11.5 Å². The number of aliphatic hydroxyl groups excluding tert-OH is 1. The summed E-state index contributed by atoms with van der Waals surface area (Å²) >= 11 is 0. The zero-order chi connectivity index (χ0) is 20.1. The summed E-state index contributed by atoms with van der Waals surface area (Å²) in [6.07, 6.45) is 7.13. The second-order valence-electron chi connectivity index (χ2n) is 7.85. The molecule has 0 atom stereocenters. The Morgan fingerprint density at radius 2 is 1.46 bits per heavy atom. The van der Waals surface area contributed by atoms with Crippen LogP contribution in [0.15, 0.2) is 48.0 Å². The van der Waals surface area contributed by atoms with Gasteiger partial charge < -0.3 is 9.84 Å². The zero-order valence-corrected chi connectivity index (χ0v) is 16.8. The number of rotatable bonds is 10. The summed E-state index contributed by atoms with van der Waals surface area (Å²) in [5, 5.41) is 10.5. The van der Waals surface area contributed by atoms with Gasteiger partial charge in [-0.2, -0.15) is 0 Å². The van der Waals surface area contributed by atoms with Gasteiger partial charge in [0.1, 0.15) is 0 Å². The molecule has 4 nitrogen and oxygen atoms in total. The fourth-order valence-corrected chi connectivity index (χ4v) is 2.90. The Balaban J connectivity index is 3.37. The number of hydrogen-bond donors (Lipinski definition) is 1. The molecule has 1 rings (SSSR count). The van der Waals surface area contributed by atoms with Gasteiger partial charge in [-0.05, 0) is 6.42 Å². The molecule has 1 aliphatic carbocycles. The number of Topliss-reactive ketones (excluding diaryl/α,β-unsaturated/α-hetero) is 2. The van der Waals surface area contributed by atoms with Crippen LogP contribution < -0.4 is 0 Å². The minimum absolute atomic E-state index is 0.0270. The number of unbranched alkanes of at least 4 members (excludes halogenated alkanes) is 3. The van der Waals surface area contributed by atoms with Crippen LogP contribution in [0, 0.1) is 10.8 Å². The molecule has 0 amide bonds. The Kier molecular flexibility index (Phi) is 7.19. The maximum atomic E-state index is 13.1. The molecule has 0 aromatic heterocycles. The van der Waals surface area contributed by atoms with E-state index < -0.39 is 28.2 Å². The average Bonchev–Trinajstić information content (AvgIpc) is 2.58. The minimum Gasteiger partial charge on any atom is -0.504 e. The van der Waals surface area contributed by atoms with Gasteiger partial charge in [-0.25, -0.2) is 0 Å². The van der Waals surface area contributed by atoms with Gasteiger partial charge in [0.25, 0.3) is 0 Å². The molecule has 0 heterocycles. The first-order chi connectivity index (χ1) is 12.0. The lowest BCUT2D eigenvalue weighted by Gasteiger charge is -2.33. The van der Waals surface area contributed by atoms with Gasteiger partial charge in [0, 0.05) is 10.8 Å². The third-order valence-corrected chi connectivity index (χ3v) is 4.89. The first kappa shape index (κ1) is 21.9. The molecule has 0 saturated carbocycles. The van der Waals surface area contributed by atoms with E-state index in [2.05, 4.69) is 20.1 Å². The van der Waals surface area contributed by atoms with Crippen LogP contribution in [0.4, 0.5) is 0 Å². The SMILES string of the molecule is C=CC(C)(C)C1=C(O)C(=O)C(C(C)(C)C=C)=C(OCCCCCC)C1=O. The van der Waals surface area contributed by atoms with Gasteiger partial charge in [0.2, 0.25) is 11.6 Å². The monoisotopic (exact) mass is 360 g/mol. The van der Waals surface area contributed by atoms with Gasteiger partial charge in [0.05, 0.1) is 17.8 Å². The molecule has 0 radical (unpaired) electrons. The largest absolute Gasteiger partial charge is 0.504 e. The predicted molar refractivity (Wildman–Crippen MR) is 105 cm³/mol. The highest BCUT2D eigenvalue weighted by molar-refractivity contribution is 6.24. The number of aliphatic hydroxyl groups is 1. The standard InChI is InChI=1S/C22H32O4/c1-8-11-12-13-14-26-20-16(22(6,7)10-3)18(24)17(23)15(19(20)25)21(4,5)9-2/h9-10,23H,2-3,8,11-14H2,1,4-7H3. The molecule has 0 aliphatic heterocycles. The first-order valence-electron chi connectivity index (χ1n) is 9.23. The fraction of sp³-hybridized carbons (Fsp3) is 0.545. The third-order valence-electron chi connectivity index (χ3n) is 4.89. The Bertz CT molecular complexity index is 660. The molecule has 144 valence electrons. The highest BCUT2D eigenvalue weighted by Gasteiger charge is 2.45. The summed E-state index contributed by atoms with van der Waals surface area (Å²) in [4.78, 5) is 26.1. The van der Waals surface area contributed by atoms with Crippen LogP contribution in [0.25, 0.3) is 0 Å². The van der Waals surface area contributed by atoms with Crippen molar-refractivity contribution in [2.45, 2.75) is 60.3 Å². The molecule has 0 unspecified atom stereocenters. The molecule has 0 bridgehead atoms. The van der Waals surface area contributed by atoms with Crippen LogP contribution in [-0.2, 0) is 14.3 Å². The fourth-order valence-electron chi connectivity index (χ4n) is 2.90. The topological polar surface area (TPSA) is 63.6 Å². The van der Waals surface area contributed by atoms with Gasteiger partial charge in [-0.3, -0.25) is 9.59 Å². The molecule has 0 aromatic carbocycles. The summed E-state index contributed by atoms with van der Waals surface area (Å²) in [6.45, 7) is 17.0. The molecule has 26 heavy (non-hydrogen) atoms. The van der Waals surface area contributed by atoms with Gasteiger partial charge in [-0.1, -0.05) is 66.0 Å². The lowest BCUT2D eigenvalue weighted by Crippen LogP contribution is -2.36. The number of ether oxygens (including phenoxy) is 1. The molecule has 0 fully saturated rings. The van der Waals surface area contributed by atoms with Gasteiger partial charge in [-0.15, -0.1) is 13.2 Å². The summed E-state index contributed by atoms with van der Waals surface area (Å²) in [6, 6.07) is 0. The van der Waals surface area contributed by atoms with Crippen LogP contribution in [0.2, 0.25) is 0 Å². The van der Waals surface area contributed by atoms with Crippen LogP contribution in [-0.4, -0.2) is 23.3 Å². The molecule has 0 aromatic rings. The van der Waals surface area contributed by atoms with E-state index in [1.807, 2.05) is 0 Å². The quantitative estimate of drug-likeness (QED) is 0.329. The van der Waals surface area contributed by atoms with Crippen LogP contribution in [0.3, 0.4) is 0 Å². The van der Waals surface area contributed by atoms with Crippen molar-refractivity contribution in [1.82, 2.24) is 0 Å².